The summed E-state index contributed by atoms with van der Waals surface area (Å²) in [7, 11) is 1.60. The van der Waals surface area contributed by atoms with Crippen LogP contribution in [0, 0.1) is 0 Å². The topological polar surface area (TPSA) is 141 Å². The van der Waals surface area contributed by atoms with Crippen LogP contribution in [0.25, 0.3) is 6.08 Å². The SMILES string of the molecule is COc1cc(OC)c(/C=C/S(=O)(=O)Nc2ccc(OC)c(C(O)C(=O)O)c2)c(OC)c1. The van der Waals surface area contributed by atoms with E-state index in [1.54, 1.807) is 12.1 Å². The number of nitrogens with one attached hydrogen (secondary N) is 1. The first kappa shape index (κ1) is 23.8. The van der Waals surface area contributed by atoms with Gasteiger partial charge in [-0.3, -0.25) is 4.72 Å². The number of benzene rings is 2. The van der Waals surface area contributed by atoms with Gasteiger partial charge in [-0.05, 0) is 24.3 Å². The van der Waals surface area contributed by atoms with Crippen LogP contribution in [0.2, 0.25) is 0 Å². The fraction of sp³-hybridized carbons (Fsp3) is 0.250. The van der Waals surface area contributed by atoms with Crippen LogP contribution in [0.5, 0.6) is 23.0 Å². The molecule has 0 amide bonds. The number of aliphatic hydroxyl groups excluding tert-OH is 1. The van der Waals surface area contributed by atoms with Gasteiger partial charge in [0.2, 0.25) is 0 Å². The number of anilines is 1. The fourth-order valence-electron chi connectivity index (χ4n) is 2.70. The molecule has 168 valence electrons. The molecule has 1 unspecified atom stereocenters. The average molecular weight is 453 g/mol. The summed E-state index contributed by atoms with van der Waals surface area (Å²) in [5, 5.41) is 19.8. The number of hydrogen-bond acceptors (Lipinski definition) is 8. The van der Waals surface area contributed by atoms with Gasteiger partial charge < -0.3 is 29.2 Å². The molecule has 10 nitrogen and oxygen atoms in total. The molecule has 0 radical (unpaired) electrons. The van der Waals surface area contributed by atoms with Crippen molar-refractivity contribution in [2.75, 3.05) is 33.2 Å². The Hall–Kier alpha value is -3.44. The lowest BCUT2D eigenvalue weighted by Gasteiger charge is -2.14. The zero-order chi connectivity index (χ0) is 23.2. The third kappa shape index (κ3) is 5.80. The van der Waals surface area contributed by atoms with Gasteiger partial charge in [0, 0.05) is 23.4 Å². The number of carbonyl (C=O) groups is 1. The van der Waals surface area contributed by atoms with Gasteiger partial charge in [-0.1, -0.05) is 0 Å². The highest BCUT2D eigenvalue weighted by atomic mass is 32.2. The molecule has 0 fully saturated rings. The zero-order valence-corrected chi connectivity index (χ0v) is 18.1. The van der Waals surface area contributed by atoms with Crippen molar-refractivity contribution in [1.82, 2.24) is 0 Å². The van der Waals surface area contributed by atoms with Gasteiger partial charge in [-0.25, -0.2) is 13.2 Å². The summed E-state index contributed by atoms with van der Waals surface area (Å²) in [6.07, 6.45) is -0.599. The van der Waals surface area contributed by atoms with Crippen molar-refractivity contribution in [3.63, 3.8) is 0 Å². The highest BCUT2D eigenvalue weighted by molar-refractivity contribution is 7.95. The summed E-state index contributed by atoms with van der Waals surface area (Å²) in [6.45, 7) is 0. The summed E-state index contributed by atoms with van der Waals surface area (Å²) in [5.41, 5.74) is 0.306. The second-order valence-corrected chi connectivity index (χ2v) is 7.66. The second kappa shape index (κ2) is 10.0. The van der Waals surface area contributed by atoms with Gasteiger partial charge in [-0.2, -0.15) is 0 Å². The molecule has 0 bridgehead atoms. The lowest BCUT2D eigenvalue weighted by molar-refractivity contribution is -0.147. The molecular weight excluding hydrogens is 430 g/mol. The molecule has 0 spiro atoms. The number of ether oxygens (including phenoxy) is 4. The minimum atomic E-state index is -4.02. The molecule has 0 heterocycles. The lowest BCUT2D eigenvalue weighted by Crippen LogP contribution is -2.13. The molecule has 3 N–H and O–H groups in total. The van der Waals surface area contributed by atoms with Crippen LogP contribution in [0.4, 0.5) is 5.69 Å². The van der Waals surface area contributed by atoms with Crippen molar-refractivity contribution < 1.29 is 42.4 Å². The molecule has 1 atom stereocenters. The Balaban J connectivity index is 2.37. The molecule has 0 saturated heterocycles. The van der Waals surface area contributed by atoms with Crippen molar-refractivity contribution in [1.29, 1.82) is 0 Å². The predicted octanol–water partition coefficient (Wildman–Crippen LogP) is 2.25. The van der Waals surface area contributed by atoms with Crippen LogP contribution >= 0.6 is 0 Å². The molecule has 0 aliphatic rings. The maximum Gasteiger partial charge on any atom is 0.337 e. The van der Waals surface area contributed by atoms with Crippen LogP contribution in [-0.2, 0) is 14.8 Å². The minimum Gasteiger partial charge on any atom is -0.496 e. The number of rotatable bonds is 10. The second-order valence-electron chi connectivity index (χ2n) is 6.09. The van der Waals surface area contributed by atoms with Crippen LogP contribution in [-0.4, -0.2) is 53.0 Å². The predicted molar refractivity (Wildman–Crippen MR) is 113 cm³/mol. The summed E-state index contributed by atoms with van der Waals surface area (Å²) in [4.78, 5) is 11.1. The summed E-state index contributed by atoms with van der Waals surface area (Å²) in [5.74, 6) is -0.273. The monoisotopic (exact) mass is 453 g/mol. The number of aliphatic carboxylic acids is 1. The molecule has 31 heavy (non-hydrogen) atoms. The number of methoxy groups -OCH3 is 4. The smallest absolute Gasteiger partial charge is 0.337 e. The third-order valence-electron chi connectivity index (χ3n) is 4.19. The van der Waals surface area contributed by atoms with Crippen LogP contribution in [0.1, 0.15) is 17.2 Å². The molecule has 0 saturated carbocycles. The number of aliphatic hydroxyl groups is 1. The highest BCUT2D eigenvalue weighted by Crippen LogP contribution is 2.35. The molecule has 0 aliphatic carbocycles. The van der Waals surface area contributed by atoms with Crippen LogP contribution < -0.4 is 23.7 Å². The molecule has 0 aliphatic heterocycles. The van der Waals surface area contributed by atoms with E-state index in [0.29, 0.717) is 22.8 Å². The van der Waals surface area contributed by atoms with E-state index in [0.717, 1.165) is 5.41 Å². The molecule has 11 heteroatoms. The van der Waals surface area contributed by atoms with E-state index in [-0.39, 0.29) is 17.0 Å². The first-order valence-electron chi connectivity index (χ1n) is 8.75. The Morgan fingerprint density at radius 3 is 2.03 bits per heavy atom. The first-order valence-corrected chi connectivity index (χ1v) is 10.3. The van der Waals surface area contributed by atoms with E-state index in [9.17, 15) is 18.3 Å². The number of hydrogen-bond donors (Lipinski definition) is 3. The van der Waals surface area contributed by atoms with E-state index >= 15 is 0 Å². The zero-order valence-electron chi connectivity index (χ0n) is 17.3. The highest BCUT2D eigenvalue weighted by Gasteiger charge is 2.21. The van der Waals surface area contributed by atoms with Gasteiger partial charge in [0.15, 0.2) is 6.10 Å². The summed E-state index contributed by atoms with van der Waals surface area (Å²) in [6, 6.07) is 7.05. The van der Waals surface area contributed by atoms with Crippen molar-refractivity contribution >= 4 is 27.8 Å². The lowest BCUT2D eigenvalue weighted by atomic mass is 10.1. The molecule has 2 aromatic rings. The Morgan fingerprint density at radius 1 is 0.968 bits per heavy atom. The van der Waals surface area contributed by atoms with Crippen molar-refractivity contribution in [3.05, 3.63) is 46.9 Å². The summed E-state index contributed by atoms with van der Waals surface area (Å²) >= 11 is 0. The Kier molecular flexibility index (Phi) is 7.72. The molecule has 2 rings (SSSR count). The largest absolute Gasteiger partial charge is 0.496 e. The van der Waals surface area contributed by atoms with Crippen LogP contribution in [0.3, 0.4) is 0 Å². The Bertz CT molecular complexity index is 1060. The quantitative estimate of drug-likeness (QED) is 0.494. The standard InChI is InChI=1S/C20H23NO9S/c1-27-13-10-17(29-3)14(18(11-13)30-4)7-8-31(25,26)21-12-5-6-16(28-2)15(9-12)19(22)20(23)24/h5-11,19,21-22H,1-4H3,(H,23,24)/b8-7+. The Labute approximate surface area is 179 Å². The van der Waals surface area contributed by atoms with Crippen molar-refractivity contribution in [2.45, 2.75) is 6.10 Å². The number of carboxylic acid groups (broad SMARTS) is 1. The van der Waals surface area contributed by atoms with Gasteiger partial charge >= 0.3 is 5.97 Å². The fourth-order valence-corrected chi connectivity index (χ4v) is 3.54. The van der Waals surface area contributed by atoms with Crippen molar-refractivity contribution in [2.24, 2.45) is 0 Å². The minimum absolute atomic E-state index is 0.0365. The van der Waals surface area contributed by atoms with E-state index in [4.69, 9.17) is 24.1 Å². The average Bonchev–Trinajstić information content (AvgIpc) is 2.75. The number of carboxylic acids is 1. The van der Waals surface area contributed by atoms with E-state index in [1.165, 1.54) is 52.7 Å². The van der Waals surface area contributed by atoms with E-state index in [1.807, 2.05) is 0 Å². The van der Waals surface area contributed by atoms with Gasteiger partial charge in [0.05, 0.1) is 39.4 Å². The van der Waals surface area contributed by atoms with Gasteiger partial charge in [0.1, 0.15) is 23.0 Å². The van der Waals surface area contributed by atoms with E-state index < -0.39 is 22.1 Å². The third-order valence-corrected chi connectivity index (χ3v) is 5.20. The molecular formula is C20H23NO9S. The normalized spacial score (nSPS) is 12.3. The maximum atomic E-state index is 12.6. The van der Waals surface area contributed by atoms with Crippen molar-refractivity contribution in [3.8, 4) is 23.0 Å². The maximum absolute atomic E-state index is 12.6. The van der Waals surface area contributed by atoms with Crippen LogP contribution in [0.15, 0.2) is 35.7 Å². The number of sulfonamides is 1. The first-order chi connectivity index (χ1) is 14.6. The summed E-state index contributed by atoms with van der Waals surface area (Å²) < 4.78 is 48.1. The van der Waals surface area contributed by atoms with E-state index in [2.05, 4.69) is 4.72 Å². The van der Waals surface area contributed by atoms with Gasteiger partial charge in [0.25, 0.3) is 10.0 Å². The Morgan fingerprint density at radius 2 is 1.55 bits per heavy atom. The molecule has 0 aromatic heterocycles. The molecule has 2 aromatic carbocycles. The van der Waals surface area contributed by atoms with Gasteiger partial charge in [-0.15, -0.1) is 0 Å².